The van der Waals surface area contributed by atoms with Gasteiger partial charge in [0.25, 0.3) is 0 Å². The van der Waals surface area contributed by atoms with Crippen LogP contribution in [0.5, 0.6) is 0 Å². The van der Waals surface area contributed by atoms with Crippen molar-refractivity contribution in [3.63, 3.8) is 0 Å². The predicted octanol–water partition coefficient (Wildman–Crippen LogP) is 2.92. The molecule has 4 nitrogen and oxygen atoms in total. The number of hydrogen-bond acceptors (Lipinski definition) is 3. The molecule has 2 rings (SSSR count). The highest BCUT2D eigenvalue weighted by atomic mass is 15.4. The molecule has 0 aliphatic rings. The molecule has 1 aromatic carbocycles. The van der Waals surface area contributed by atoms with E-state index in [-0.39, 0.29) is 0 Å². The maximum atomic E-state index is 5.81. The second-order valence-corrected chi connectivity index (χ2v) is 5.55. The van der Waals surface area contributed by atoms with Crippen molar-refractivity contribution in [3.8, 4) is 5.69 Å². The number of anilines is 1. The molecule has 21 heavy (non-hydrogen) atoms. The molecule has 0 saturated heterocycles. The zero-order chi connectivity index (χ0) is 15.4. The van der Waals surface area contributed by atoms with Crippen LogP contribution in [0.15, 0.2) is 30.3 Å². The maximum Gasteiger partial charge on any atom is 0.136 e. The quantitative estimate of drug-likeness (QED) is 0.888. The summed E-state index contributed by atoms with van der Waals surface area (Å²) in [6.45, 7) is 10.3. The van der Waals surface area contributed by atoms with Crippen LogP contribution < -0.4 is 10.6 Å². The highest BCUT2D eigenvalue weighted by Crippen LogP contribution is 2.29. The molecule has 0 bridgehead atoms. The highest BCUT2D eigenvalue weighted by molar-refractivity contribution is 5.56. The number of aromatic nitrogens is 2. The second kappa shape index (κ2) is 6.76. The first-order valence-corrected chi connectivity index (χ1v) is 7.70. The van der Waals surface area contributed by atoms with Gasteiger partial charge in [0.1, 0.15) is 5.82 Å². The summed E-state index contributed by atoms with van der Waals surface area (Å²) in [5.74, 6) is 1.18. The molecule has 0 unspecified atom stereocenters. The van der Waals surface area contributed by atoms with Crippen LogP contribution in [0, 0.1) is 6.92 Å². The van der Waals surface area contributed by atoms with Crippen LogP contribution in [0.4, 0.5) is 5.82 Å². The Hall–Kier alpha value is -1.81. The molecule has 0 fully saturated rings. The first kappa shape index (κ1) is 15.6. The van der Waals surface area contributed by atoms with Crippen molar-refractivity contribution in [2.75, 3.05) is 18.0 Å². The van der Waals surface area contributed by atoms with E-state index in [1.165, 1.54) is 11.4 Å². The van der Waals surface area contributed by atoms with Crippen LogP contribution >= 0.6 is 0 Å². The van der Waals surface area contributed by atoms with Gasteiger partial charge in [-0.25, -0.2) is 4.68 Å². The van der Waals surface area contributed by atoms with Crippen LogP contribution in [-0.2, 0) is 6.42 Å². The molecule has 1 heterocycles. The number of nitrogens with two attached hydrogens (primary N) is 1. The van der Waals surface area contributed by atoms with Crippen LogP contribution in [0.1, 0.15) is 32.0 Å². The summed E-state index contributed by atoms with van der Waals surface area (Å²) < 4.78 is 2.06. The second-order valence-electron chi connectivity index (χ2n) is 5.55. The Kier molecular flexibility index (Phi) is 5.02. The number of aryl methyl sites for hydroxylation is 1. The molecule has 0 amide bonds. The molecule has 1 aromatic heterocycles. The SMILES string of the molecule is CCN(c1c(CCN)c(C)nn1-c1ccccc1)C(C)C. The van der Waals surface area contributed by atoms with Gasteiger partial charge >= 0.3 is 0 Å². The third kappa shape index (κ3) is 3.10. The van der Waals surface area contributed by atoms with Gasteiger partial charge in [-0.15, -0.1) is 0 Å². The minimum absolute atomic E-state index is 0.421. The lowest BCUT2D eigenvalue weighted by Gasteiger charge is -2.29. The van der Waals surface area contributed by atoms with Crippen molar-refractivity contribution in [2.24, 2.45) is 5.73 Å². The smallest absolute Gasteiger partial charge is 0.136 e. The lowest BCUT2D eigenvalue weighted by molar-refractivity contribution is 0.670. The van der Waals surface area contributed by atoms with Gasteiger partial charge in [0, 0.05) is 18.2 Å². The van der Waals surface area contributed by atoms with Crippen LogP contribution in [0.3, 0.4) is 0 Å². The van der Waals surface area contributed by atoms with Crippen LogP contribution in [0.25, 0.3) is 5.69 Å². The lowest BCUT2D eigenvalue weighted by Crippen LogP contribution is -2.33. The van der Waals surface area contributed by atoms with Gasteiger partial charge in [-0.05, 0) is 52.8 Å². The fourth-order valence-electron chi connectivity index (χ4n) is 2.79. The fraction of sp³-hybridized carbons (Fsp3) is 0.471. The minimum Gasteiger partial charge on any atom is -0.354 e. The summed E-state index contributed by atoms with van der Waals surface area (Å²) >= 11 is 0. The first-order chi connectivity index (χ1) is 10.1. The zero-order valence-electron chi connectivity index (χ0n) is 13.5. The molecule has 0 saturated carbocycles. The Morgan fingerprint density at radius 2 is 1.90 bits per heavy atom. The average molecular weight is 286 g/mol. The predicted molar refractivity (Wildman–Crippen MR) is 89.2 cm³/mol. The van der Waals surface area contributed by atoms with Gasteiger partial charge in [0.15, 0.2) is 0 Å². The zero-order valence-corrected chi connectivity index (χ0v) is 13.5. The summed E-state index contributed by atoms with van der Waals surface area (Å²) in [7, 11) is 0. The van der Waals surface area contributed by atoms with Gasteiger partial charge < -0.3 is 10.6 Å². The molecular formula is C17H26N4. The van der Waals surface area contributed by atoms with Crippen molar-refractivity contribution in [2.45, 2.75) is 40.2 Å². The fourth-order valence-corrected chi connectivity index (χ4v) is 2.79. The lowest BCUT2D eigenvalue weighted by atomic mass is 10.1. The Morgan fingerprint density at radius 1 is 1.24 bits per heavy atom. The standard InChI is InChI=1S/C17H26N4/c1-5-20(13(2)3)17-16(11-12-18)14(4)19-21(17)15-9-7-6-8-10-15/h6-10,13H,5,11-12,18H2,1-4H3. The van der Waals surface area contributed by atoms with E-state index in [1.807, 2.05) is 18.2 Å². The van der Waals surface area contributed by atoms with Gasteiger partial charge in [0.05, 0.1) is 11.4 Å². The minimum atomic E-state index is 0.421. The van der Waals surface area contributed by atoms with Crippen molar-refractivity contribution in [3.05, 3.63) is 41.6 Å². The number of para-hydroxylation sites is 1. The molecule has 0 aliphatic heterocycles. The first-order valence-electron chi connectivity index (χ1n) is 7.70. The number of rotatable bonds is 6. The number of nitrogens with zero attached hydrogens (tertiary/aromatic N) is 3. The molecular weight excluding hydrogens is 260 g/mol. The molecule has 0 spiro atoms. The molecule has 0 atom stereocenters. The van der Waals surface area contributed by atoms with Crippen molar-refractivity contribution in [1.82, 2.24) is 9.78 Å². The monoisotopic (exact) mass is 286 g/mol. The molecule has 0 aliphatic carbocycles. The molecule has 2 N–H and O–H groups in total. The van der Waals surface area contributed by atoms with Crippen molar-refractivity contribution < 1.29 is 0 Å². The van der Waals surface area contributed by atoms with Gasteiger partial charge in [-0.3, -0.25) is 0 Å². The number of hydrogen-bond donors (Lipinski definition) is 1. The van der Waals surface area contributed by atoms with Gasteiger partial charge in [-0.2, -0.15) is 5.10 Å². The van der Waals surface area contributed by atoms with E-state index in [1.54, 1.807) is 0 Å². The van der Waals surface area contributed by atoms with E-state index in [9.17, 15) is 0 Å². The van der Waals surface area contributed by atoms with Gasteiger partial charge in [-0.1, -0.05) is 18.2 Å². The number of benzene rings is 1. The van der Waals surface area contributed by atoms with E-state index in [0.717, 1.165) is 24.3 Å². The molecule has 0 radical (unpaired) electrons. The normalized spacial score (nSPS) is 11.1. The maximum absolute atomic E-state index is 5.81. The summed E-state index contributed by atoms with van der Waals surface area (Å²) in [4.78, 5) is 2.39. The van der Waals surface area contributed by atoms with E-state index < -0.39 is 0 Å². The molecule has 114 valence electrons. The van der Waals surface area contributed by atoms with E-state index in [4.69, 9.17) is 10.8 Å². The third-order valence-corrected chi connectivity index (χ3v) is 3.79. The average Bonchev–Trinajstić information content (AvgIpc) is 2.79. The Balaban J connectivity index is 2.62. The van der Waals surface area contributed by atoms with Crippen LogP contribution in [-0.4, -0.2) is 28.9 Å². The summed E-state index contributed by atoms with van der Waals surface area (Å²) in [6, 6.07) is 10.7. The largest absolute Gasteiger partial charge is 0.354 e. The Bertz CT molecular complexity index is 572. The summed E-state index contributed by atoms with van der Waals surface area (Å²) in [6.07, 6.45) is 0.858. The summed E-state index contributed by atoms with van der Waals surface area (Å²) in [5.41, 5.74) is 9.23. The highest BCUT2D eigenvalue weighted by Gasteiger charge is 2.22. The van der Waals surface area contributed by atoms with E-state index >= 15 is 0 Å². The van der Waals surface area contributed by atoms with Crippen molar-refractivity contribution in [1.29, 1.82) is 0 Å². The van der Waals surface area contributed by atoms with Gasteiger partial charge in [0.2, 0.25) is 0 Å². The Labute approximate surface area is 127 Å². The molecule has 2 aromatic rings. The van der Waals surface area contributed by atoms with E-state index in [2.05, 4.69) is 49.4 Å². The third-order valence-electron chi connectivity index (χ3n) is 3.79. The summed E-state index contributed by atoms with van der Waals surface area (Å²) in [5, 5.41) is 4.77. The van der Waals surface area contributed by atoms with Crippen LogP contribution in [0.2, 0.25) is 0 Å². The topological polar surface area (TPSA) is 47.1 Å². The molecule has 4 heteroatoms. The van der Waals surface area contributed by atoms with E-state index in [0.29, 0.717) is 12.6 Å². The Morgan fingerprint density at radius 3 is 2.43 bits per heavy atom. The van der Waals surface area contributed by atoms with Crippen molar-refractivity contribution >= 4 is 5.82 Å².